The molecule has 106 valence electrons. The predicted octanol–water partition coefficient (Wildman–Crippen LogP) is -0.145. The molecule has 0 bridgehead atoms. The van der Waals surface area contributed by atoms with E-state index in [1.165, 1.54) is 0 Å². The maximum absolute atomic E-state index is 11.6. The van der Waals surface area contributed by atoms with Crippen LogP contribution in [0.3, 0.4) is 0 Å². The van der Waals surface area contributed by atoms with Crippen molar-refractivity contribution in [2.24, 2.45) is 0 Å². The number of aliphatic hydroxyl groups is 3. The quantitative estimate of drug-likeness (QED) is 0.503. The zero-order valence-electron chi connectivity index (χ0n) is 10.3. The Morgan fingerprint density at radius 1 is 1.11 bits per heavy atom. The van der Waals surface area contributed by atoms with E-state index >= 15 is 0 Å². The molecule has 0 radical (unpaired) electrons. The number of rotatable bonds is 6. The van der Waals surface area contributed by atoms with Crippen LogP contribution in [0.25, 0.3) is 0 Å². The van der Waals surface area contributed by atoms with Gasteiger partial charge in [-0.3, -0.25) is 0 Å². The van der Waals surface area contributed by atoms with E-state index in [0.29, 0.717) is 5.02 Å². The highest BCUT2D eigenvalue weighted by molar-refractivity contribution is 6.30. The van der Waals surface area contributed by atoms with Crippen molar-refractivity contribution in [1.29, 1.82) is 0 Å². The van der Waals surface area contributed by atoms with Crippen molar-refractivity contribution < 1.29 is 20.1 Å². The van der Waals surface area contributed by atoms with E-state index in [1.807, 2.05) is 0 Å². The number of amides is 2. The summed E-state index contributed by atoms with van der Waals surface area (Å²) in [5, 5.41) is 32.7. The first-order chi connectivity index (χ1) is 9.05. The van der Waals surface area contributed by atoms with Gasteiger partial charge in [-0.2, -0.15) is 0 Å². The topological polar surface area (TPSA) is 102 Å². The molecule has 0 saturated heterocycles. The maximum Gasteiger partial charge on any atom is 0.315 e. The molecule has 1 aromatic carbocycles. The minimum atomic E-state index is -1.43. The lowest BCUT2D eigenvalue weighted by molar-refractivity contribution is 0.0492. The molecule has 0 atom stereocenters. The van der Waals surface area contributed by atoms with Gasteiger partial charge in [-0.15, -0.1) is 0 Å². The Morgan fingerprint density at radius 3 is 2.11 bits per heavy atom. The zero-order valence-corrected chi connectivity index (χ0v) is 11.0. The van der Waals surface area contributed by atoms with Crippen molar-refractivity contribution in [2.45, 2.75) is 12.1 Å². The Kier molecular flexibility index (Phi) is 6.04. The highest BCUT2D eigenvalue weighted by Gasteiger charge is 2.29. The number of hydrogen-bond donors (Lipinski definition) is 5. The smallest absolute Gasteiger partial charge is 0.315 e. The van der Waals surface area contributed by atoms with Crippen LogP contribution in [0.4, 0.5) is 4.79 Å². The third-order valence-corrected chi connectivity index (χ3v) is 2.90. The van der Waals surface area contributed by atoms with Crippen LogP contribution in [0.15, 0.2) is 24.3 Å². The summed E-state index contributed by atoms with van der Waals surface area (Å²) < 4.78 is 0. The van der Waals surface area contributed by atoms with Crippen molar-refractivity contribution in [3.8, 4) is 0 Å². The summed E-state index contributed by atoms with van der Waals surface area (Å²) in [6, 6.07) is 6.35. The summed E-state index contributed by atoms with van der Waals surface area (Å²) in [6.45, 7) is -1.42. The van der Waals surface area contributed by atoms with Gasteiger partial charge in [-0.25, -0.2) is 4.79 Å². The van der Waals surface area contributed by atoms with Crippen molar-refractivity contribution >= 4 is 17.6 Å². The van der Waals surface area contributed by atoms with Crippen LogP contribution >= 0.6 is 11.6 Å². The number of urea groups is 1. The van der Waals surface area contributed by atoms with Crippen molar-refractivity contribution in [3.05, 3.63) is 34.9 Å². The molecule has 0 aromatic heterocycles. The summed E-state index contributed by atoms with van der Waals surface area (Å²) in [6.07, 6.45) is 0. The average molecular weight is 289 g/mol. The molecule has 1 rings (SSSR count). The number of benzene rings is 1. The fourth-order valence-electron chi connectivity index (χ4n) is 1.34. The number of halogens is 1. The number of carbonyl (C=O) groups is 1. The Hall–Kier alpha value is -1.34. The molecular weight excluding hydrogens is 272 g/mol. The number of aliphatic hydroxyl groups excluding tert-OH is 3. The average Bonchev–Trinajstić information content (AvgIpc) is 2.44. The molecule has 0 heterocycles. The van der Waals surface area contributed by atoms with Gasteiger partial charge in [-0.1, -0.05) is 23.7 Å². The molecule has 2 amide bonds. The van der Waals surface area contributed by atoms with Crippen LogP contribution in [0.2, 0.25) is 5.02 Å². The monoisotopic (exact) mass is 288 g/mol. The normalized spacial score (nSPS) is 11.2. The summed E-state index contributed by atoms with van der Waals surface area (Å²) in [5.41, 5.74) is -0.577. The summed E-state index contributed by atoms with van der Waals surface area (Å²) in [7, 11) is 0. The van der Waals surface area contributed by atoms with Crippen LogP contribution in [0.1, 0.15) is 5.56 Å². The fourth-order valence-corrected chi connectivity index (χ4v) is 1.46. The molecular formula is C12H17ClN2O4. The summed E-state index contributed by atoms with van der Waals surface area (Å²) >= 11 is 5.73. The predicted molar refractivity (Wildman–Crippen MR) is 70.8 cm³/mol. The van der Waals surface area contributed by atoms with Crippen molar-refractivity contribution in [1.82, 2.24) is 10.6 Å². The van der Waals surface area contributed by atoms with Gasteiger partial charge in [0.15, 0.2) is 0 Å². The Balaban J connectivity index is 2.49. The van der Waals surface area contributed by atoms with Gasteiger partial charge in [0.1, 0.15) is 5.54 Å². The molecule has 0 spiro atoms. The van der Waals surface area contributed by atoms with Crippen LogP contribution in [-0.4, -0.2) is 46.7 Å². The largest absolute Gasteiger partial charge is 0.394 e. The minimum Gasteiger partial charge on any atom is -0.394 e. The molecule has 1 aromatic rings. The van der Waals surface area contributed by atoms with E-state index in [1.54, 1.807) is 24.3 Å². The highest BCUT2D eigenvalue weighted by Crippen LogP contribution is 2.09. The molecule has 0 aliphatic carbocycles. The fraction of sp³-hybridized carbons (Fsp3) is 0.417. The van der Waals surface area contributed by atoms with E-state index in [-0.39, 0.29) is 6.54 Å². The van der Waals surface area contributed by atoms with E-state index in [2.05, 4.69) is 10.6 Å². The SMILES string of the molecule is O=C(NCc1ccc(Cl)cc1)NC(CO)(CO)CO. The number of nitrogens with one attached hydrogen (secondary N) is 2. The first kappa shape index (κ1) is 15.7. The van der Waals surface area contributed by atoms with Gasteiger partial charge in [-0.05, 0) is 17.7 Å². The minimum absolute atomic E-state index is 0.265. The van der Waals surface area contributed by atoms with Gasteiger partial charge in [0, 0.05) is 11.6 Å². The third-order valence-electron chi connectivity index (χ3n) is 2.65. The summed E-state index contributed by atoms with van der Waals surface area (Å²) in [5.74, 6) is 0. The lowest BCUT2D eigenvalue weighted by atomic mass is 10.0. The summed E-state index contributed by atoms with van der Waals surface area (Å²) in [4.78, 5) is 11.6. The molecule has 0 fully saturated rings. The first-order valence-electron chi connectivity index (χ1n) is 5.68. The third kappa shape index (κ3) is 4.68. The molecule has 5 N–H and O–H groups in total. The molecule has 7 heteroatoms. The van der Waals surface area contributed by atoms with Gasteiger partial charge >= 0.3 is 6.03 Å². The second-order valence-corrected chi connectivity index (χ2v) is 4.63. The van der Waals surface area contributed by atoms with Crippen molar-refractivity contribution in [2.75, 3.05) is 19.8 Å². The highest BCUT2D eigenvalue weighted by atomic mass is 35.5. The zero-order chi connectivity index (χ0) is 14.3. The van der Waals surface area contributed by atoms with E-state index in [4.69, 9.17) is 26.9 Å². The molecule has 6 nitrogen and oxygen atoms in total. The van der Waals surface area contributed by atoms with Crippen LogP contribution in [0.5, 0.6) is 0 Å². The molecule has 0 unspecified atom stereocenters. The Bertz CT molecular complexity index is 398. The van der Waals surface area contributed by atoms with Gasteiger partial charge in [0.05, 0.1) is 19.8 Å². The van der Waals surface area contributed by atoms with Crippen LogP contribution < -0.4 is 10.6 Å². The lowest BCUT2D eigenvalue weighted by Gasteiger charge is -2.28. The lowest BCUT2D eigenvalue weighted by Crippen LogP contribution is -2.59. The molecule has 0 saturated carbocycles. The second kappa shape index (κ2) is 7.30. The first-order valence-corrected chi connectivity index (χ1v) is 6.06. The van der Waals surface area contributed by atoms with Crippen LogP contribution in [0, 0.1) is 0 Å². The second-order valence-electron chi connectivity index (χ2n) is 4.19. The number of carbonyl (C=O) groups excluding carboxylic acids is 1. The Labute approximate surface area is 116 Å². The molecule has 0 aliphatic heterocycles. The molecule has 19 heavy (non-hydrogen) atoms. The van der Waals surface area contributed by atoms with Gasteiger partial charge in [0.2, 0.25) is 0 Å². The van der Waals surface area contributed by atoms with Crippen LogP contribution in [-0.2, 0) is 6.54 Å². The van der Waals surface area contributed by atoms with Crippen molar-refractivity contribution in [3.63, 3.8) is 0 Å². The van der Waals surface area contributed by atoms with E-state index in [0.717, 1.165) is 5.56 Å². The van der Waals surface area contributed by atoms with Gasteiger partial charge < -0.3 is 26.0 Å². The maximum atomic E-state index is 11.6. The standard InChI is InChI=1S/C12H17ClN2O4/c13-10-3-1-9(2-4-10)5-14-11(19)15-12(6-16,7-17)8-18/h1-4,16-18H,5-8H2,(H2,14,15,19). The van der Waals surface area contributed by atoms with E-state index < -0.39 is 31.4 Å². The number of hydrogen-bond acceptors (Lipinski definition) is 4. The van der Waals surface area contributed by atoms with Gasteiger partial charge in [0.25, 0.3) is 0 Å². The van der Waals surface area contributed by atoms with E-state index in [9.17, 15) is 4.79 Å². The Morgan fingerprint density at radius 2 is 1.63 bits per heavy atom. The molecule has 0 aliphatic rings.